The first-order valence-corrected chi connectivity index (χ1v) is 10.6. The molecule has 0 aliphatic rings. The first-order valence-electron chi connectivity index (χ1n) is 8.31. The maximum Gasteiger partial charge on any atom is 0.263 e. The second-order valence-electron chi connectivity index (χ2n) is 5.75. The summed E-state index contributed by atoms with van der Waals surface area (Å²) < 4.78 is 1.55. The number of rotatable bonds is 8. The van der Waals surface area contributed by atoms with E-state index in [4.69, 9.17) is 11.6 Å². The number of thioether (sulfide) groups is 1. The monoisotopic (exact) mass is 419 g/mol. The van der Waals surface area contributed by atoms with Crippen LogP contribution in [0.2, 0.25) is 5.02 Å². The Morgan fingerprint density at radius 3 is 2.85 bits per heavy atom. The maximum absolute atomic E-state index is 12.6. The fourth-order valence-corrected chi connectivity index (χ4v) is 4.28. The molecule has 0 bridgehead atoms. The van der Waals surface area contributed by atoms with Crippen molar-refractivity contribution in [1.82, 2.24) is 14.9 Å². The molecule has 2 heterocycles. The Labute approximate surface area is 170 Å². The van der Waals surface area contributed by atoms with Gasteiger partial charge in [0.05, 0.1) is 11.1 Å². The number of hydrogen-bond donors (Lipinski definition) is 1. The molecule has 0 atom stereocenters. The van der Waals surface area contributed by atoms with E-state index in [0.29, 0.717) is 33.5 Å². The van der Waals surface area contributed by atoms with Gasteiger partial charge in [-0.15, -0.1) is 17.9 Å². The number of nitrogens with one attached hydrogen (secondary N) is 1. The molecule has 0 aliphatic carbocycles. The molecule has 0 unspecified atom stereocenters. The summed E-state index contributed by atoms with van der Waals surface area (Å²) >= 11 is 8.54. The van der Waals surface area contributed by atoms with Crippen molar-refractivity contribution < 1.29 is 4.79 Å². The average molecular weight is 420 g/mol. The second kappa shape index (κ2) is 9.21. The van der Waals surface area contributed by atoms with Crippen molar-refractivity contribution in [2.24, 2.45) is 0 Å². The van der Waals surface area contributed by atoms with E-state index < -0.39 is 0 Å². The molecule has 5 nitrogen and oxygen atoms in total. The number of halogens is 1. The standard InChI is InChI=1S/C19H18ClN3O2S2/c1-2-10-23-18(25)15-8-11-26-17(15)22-19(23)27-12-16(24)21-9-7-13-3-5-14(20)6-4-13/h2-6,8,11H,1,7,9-10,12H2,(H,21,24). The summed E-state index contributed by atoms with van der Waals surface area (Å²) in [6.07, 6.45) is 2.38. The summed E-state index contributed by atoms with van der Waals surface area (Å²) in [5.74, 6) is 0.0980. The van der Waals surface area contributed by atoms with E-state index in [2.05, 4.69) is 16.9 Å². The molecule has 140 valence electrons. The van der Waals surface area contributed by atoms with Crippen molar-refractivity contribution in [2.75, 3.05) is 12.3 Å². The molecule has 0 aliphatic heterocycles. The molecular weight excluding hydrogens is 402 g/mol. The summed E-state index contributed by atoms with van der Waals surface area (Å²) in [5, 5.41) is 6.55. The van der Waals surface area contributed by atoms with Gasteiger partial charge in [-0.3, -0.25) is 14.2 Å². The second-order valence-corrected chi connectivity index (χ2v) is 8.03. The Kier molecular flexibility index (Phi) is 6.71. The normalized spacial score (nSPS) is 10.9. The number of benzene rings is 1. The zero-order valence-corrected chi connectivity index (χ0v) is 16.9. The Morgan fingerprint density at radius 2 is 2.11 bits per heavy atom. The van der Waals surface area contributed by atoms with Gasteiger partial charge >= 0.3 is 0 Å². The molecule has 3 aromatic rings. The van der Waals surface area contributed by atoms with Gasteiger partial charge in [0.25, 0.3) is 5.56 Å². The number of thiophene rings is 1. The molecule has 0 fully saturated rings. The number of hydrogen-bond acceptors (Lipinski definition) is 5. The molecule has 0 spiro atoms. The van der Waals surface area contributed by atoms with Crippen molar-refractivity contribution in [1.29, 1.82) is 0 Å². The van der Waals surface area contributed by atoms with Gasteiger partial charge in [0, 0.05) is 18.1 Å². The van der Waals surface area contributed by atoms with Crippen molar-refractivity contribution in [3.63, 3.8) is 0 Å². The van der Waals surface area contributed by atoms with Crippen LogP contribution in [0.1, 0.15) is 5.56 Å². The van der Waals surface area contributed by atoms with Crippen molar-refractivity contribution in [2.45, 2.75) is 18.1 Å². The van der Waals surface area contributed by atoms with Gasteiger partial charge in [-0.1, -0.05) is 41.6 Å². The van der Waals surface area contributed by atoms with Crippen molar-refractivity contribution in [3.05, 3.63) is 69.3 Å². The summed E-state index contributed by atoms with van der Waals surface area (Å²) in [5.41, 5.74) is 1.00. The molecule has 2 aromatic heterocycles. The highest BCUT2D eigenvalue weighted by Crippen LogP contribution is 2.21. The lowest BCUT2D eigenvalue weighted by Crippen LogP contribution is -2.28. The van der Waals surface area contributed by atoms with Gasteiger partial charge in [0.2, 0.25) is 5.91 Å². The quantitative estimate of drug-likeness (QED) is 0.343. The number of allylic oxidation sites excluding steroid dienone is 1. The van der Waals surface area contributed by atoms with Crippen molar-refractivity contribution >= 4 is 50.8 Å². The molecule has 8 heteroatoms. The smallest absolute Gasteiger partial charge is 0.263 e. The predicted octanol–water partition coefficient (Wildman–Crippen LogP) is 3.75. The van der Waals surface area contributed by atoms with Gasteiger partial charge in [0.15, 0.2) is 5.16 Å². The number of carbonyl (C=O) groups excluding carboxylic acids is 1. The van der Waals surface area contributed by atoms with E-state index in [-0.39, 0.29) is 17.2 Å². The third-order valence-electron chi connectivity index (χ3n) is 3.84. The molecular formula is C19H18ClN3O2S2. The van der Waals surface area contributed by atoms with Crippen LogP contribution in [-0.2, 0) is 17.8 Å². The third-order valence-corrected chi connectivity index (χ3v) is 5.88. The third kappa shape index (κ3) is 5.00. The van der Waals surface area contributed by atoms with E-state index in [0.717, 1.165) is 12.0 Å². The van der Waals surface area contributed by atoms with Crippen LogP contribution < -0.4 is 10.9 Å². The van der Waals surface area contributed by atoms with Gasteiger partial charge in [-0.05, 0) is 35.6 Å². The van der Waals surface area contributed by atoms with E-state index in [9.17, 15) is 9.59 Å². The average Bonchev–Trinajstić information content (AvgIpc) is 3.13. The number of amides is 1. The molecule has 0 radical (unpaired) electrons. The van der Waals surface area contributed by atoms with Crippen LogP contribution in [-0.4, -0.2) is 27.8 Å². The lowest BCUT2D eigenvalue weighted by atomic mass is 10.1. The van der Waals surface area contributed by atoms with E-state index in [1.807, 2.05) is 29.6 Å². The van der Waals surface area contributed by atoms with Crippen LogP contribution in [0.25, 0.3) is 10.2 Å². The molecule has 1 aromatic carbocycles. The molecule has 1 N–H and O–H groups in total. The zero-order chi connectivity index (χ0) is 19.2. The molecule has 0 saturated carbocycles. The highest BCUT2D eigenvalue weighted by Gasteiger charge is 2.13. The van der Waals surface area contributed by atoms with Crippen LogP contribution in [0.4, 0.5) is 0 Å². The Morgan fingerprint density at radius 1 is 1.33 bits per heavy atom. The van der Waals surface area contributed by atoms with E-state index in [1.165, 1.54) is 23.1 Å². The summed E-state index contributed by atoms with van der Waals surface area (Å²) in [7, 11) is 0. The Balaban J connectivity index is 1.59. The molecule has 0 saturated heterocycles. The number of nitrogens with zero attached hydrogens (tertiary/aromatic N) is 2. The minimum Gasteiger partial charge on any atom is -0.355 e. The Bertz CT molecular complexity index is 1010. The van der Waals surface area contributed by atoms with Gasteiger partial charge in [-0.25, -0.2) is 4.98 Å². The topological polar surface area (TPSA) is 64.0 Å². The van der Waals surface area contributed by atoms with Gasteiger partial charge in [0.1, 0.15) is 4.83 Å². The Hall–Kier alpha value is -2.09. The fraction of sp³-hybridized carbons (Fsp3) is 0.211. The van der Waals surface area contributed by atoms with Crippen LogP contribution in [0.3, 0.4) is 0 Å². The number of aromatic nitrogens is 2. The van der Waals surface area contributed by atoms with Gasteiger partial charge < -0.3 is 5.32 Å². The molecule has 1 amide bonds. The predicted molar refractivity (Wildman–Crippen MR) is 113 cm³/mol. The number of fused-ring (bicyclic) bond motifs is 1. The fourth-order valence-electron chi connectivity index (χ4n) is 2.51. The highest BCUT2D eigenvalue weighted by molar-refractivity contribution is 7.99. The van der Waals surface area contributed by atoms with Gasteiger partial charge in [-0.2, -0.15) is 0 Å². The highest BCUT2D eigenvalue weighted by atomic mass is 35.5. The first kappa shape index (κ1) is 19.7. The maximum atomic E-state index is 12.6. The zero-order valence-electron chi connectivity index (χ0n) is 14.5. The first-order chi connectivity index (χ1) is 13.1. The lowest BCUT2D eigenvalue weighted by Gasteiger charge is -2.10. The van der Waals surface area contributed by atoms with E-state index in [1.54, 1.807) is 16.7 Å². The minimum atomic E-state index is -0.105. The van der Waals surface area contributed by atoms with Crippen molar-refractivity contribution in [3.8, 4) is 0 Å². The SMILES string of the molecule is C=CCn1c(SCC(=O)NCCc2ccc(Cl)cc2)nc2sccc2c1=O. The molecule has 27 heavy (non-hydrogen) atoms. The van der Waals surface area contributed by atoms with Crippen LogP contribution in [0.5, 0.6) is 0 Å². The van der Waals surface area contributed by atoms with Crippen LogP contribution >= 0.6 is 34.7 Å². The van der Waals surface area contributed by atoms with Crippen LogP contribution in [0.15, 0.2) is 58.3 Å². The number of carbonyl (C=O) groups is 1. The minimum absolute atomic E-state index is 0.0976. The summed E-state index contributed by atoms with van der Waals surface area (Å²) in [6.45, 7) is 4.59. The lowest BCUT2D eigenvalue weighted by molar-refractivity contribution is -0.118. The summed E-state index contributed by atoms with van der Waals surface area (Å²) in [4.78, 5) is 29.9. The van der Waals surface area contributed by atoms with Crippen LogP contribution in [0, 0.1) is 0 Å². The van der Waals surface area contributed by atoms with E-state index >= 15 is 0 Å². The summed E-state index contributed by atoms with van der Waals surface area (Å²) in [6, 6.07) is 9.32. The largest absolute Gasteiger partial charge is 0.355 e. The molecule has 3 rings (SSSR count).